The minimum absolute atomic E-state index is 0.277. The third-order valence-electron chi connectivity index (χ3n) is 5.54. The number of anilines is 1. The molecule has 0 radical (unpaired) electrons. The molecule has 33 heavy (non-hydrogen) atoms. The molecule has 0 spiro atoms. The van der Waals surface area contributed by atoms with Crippen molar-refractivity contribution in [2.45, 2.75) is 19.6 Å². The van der Waals surface area contributed by atoms with Crippen LogP contribution in [0.3, 0.4) is 0 Å². The van der Waals surface area contributed by atoms with Crippen molar-refractivity contribution in [3.05, 3.63) is 89.7 Å². The Morgan fingerprint density at radius 3 is 2.70 bits per heavy atom. The molecule has 1 aliphatic heterocycles. The minimum atomic E-state index is -0.589. The summed E-state index contributed by atoms with van der Waals surface area (Å²) >= 11 is 0. The van der Waals surface area contributed by atoms with Gasteiger partial charge in [0.15, 0.2) is 5.69 Å². The summed E-state index contributed by atoms with van der Waals surface area (Å²) in [4.78, 5) is 25.0. The van der Waals surface area contributed by atoms with Crippen LogP contribution in [0, 0.1) is 5.92 Å². The highest BCUT2D eigenvalue weighted by atomic mass is 16.3. The topological polar surface area (TPSA) is 109 Å². The quantitative estimate of drug-likeness (QED) is 0.623. The molecule has 2 aromatic carbocycles. The number of allylic oxidation sites excluding steroid dienone is 3. The lowest BCUT2D eigenvalue weighted by atomic mass is 9.89. The summed E-state index contributed by atoms with van der Waals surface area (Å²) in [5.41, 5.74) is 3.93. The molecular formula is C25H21N5O3. The SMILES string of the molecule is CC(O)Cn1nc(C(=O)Nc2ccc(C3=C4C=CC=CC4C(=O)N=N3)cc2)c2ccccc21. The van der Waals surface area contributed by atoms with E-state index in [2.05, 4.69) is 20.6 Å². The molecule has 2 amide bonds. The maximum absolute atomic E-state index is 13.0. The molecule has 2 unspecified atom stereocenters. The van der Waals surface area contributed by atoms with Crippen LogP contribution in [0.1, 0.15) is 23.0 Å². The predicted molar refractivity (Wildman–Crippen MR) is 124 cm³/mol. The van der Waals surface area contributed by atoms with Gasteiger partial charge in [-0.2, -0.15) is 5.10 Å². The number of hydrogen-bond donors (Lipinski definition) is 2. The Kier molecular flexibility index (Phi) is 5.27. The van der Waals surface area contributed by atoms with Crippen LogP contribution < -0.4 is 5.32 Å². The fraction of sp³-hybridized carbons (Fsp3) is 0.160. The highest BCUT2D eigenvalue weighted by molar-refractivity contribution is 6.11. The molecule has 0 bridgehead atoms. The Labute approximate surface area is 189 Å². The first kappa shape index (κ1) is 20.7. The Balaban J connectivity index is 1.40. The zero-order valence-corrected chi connectivity index (χ0v) is 17.8. The van der Waals surface area contributed by atoms with E-state index in [0.717, 1.165) is 22.0 Å². The molecule has 0 fully saturated rings. The lowest BCUT2D eigenvalue weighted by Gasteiger charge is -2.19. The molecule has 2 atom stereocenters. The van der Waals surface area contributed by atoms with E-state index in [9.17, 15) is 14.7 Å². The van der Waals surface area contributed by atoms with Crippen LogP contribution >= 0.6 is 0 Å². The van der Waals surface area contributed by atoms with Gasteiger partial charge >= 0.3 is 0 Å². The monoisotopic (exact) mass is 439 g/mol. The maximum atomic E-state index is 13.0. The smallest absolute Gasteiger partial charge is 0.276 e. The molecule has 1 aromatic heterocycles. The van der Waals surface area contributed by atoms with E-state index in [0.29, 0.717) is 23.6 Å². The molecule has 5 rings (SSSR count). The van der Waals surface area contributed by atoms with Gasteiger partial charge in [-0.1, -0.05) is 54.6 Å². The highest BCUT2D eigenvalue weighted by Gasteiger charge is 2.27. The van der Waals surface area contributed by atoms with Crippen molar-refractivity contribution in [3.63, 3.8) is 0 Å². The molecule has 2 aliphatic rings. The largest absolute Gasteiger partial charge is 0.391 e. The first-order valence-electron chi connectivity index (χ1n) is 10.6. The number of nitrogens with zero attached hydrogens (tertiary/aromatic N) is 4. The van der Waals surface area contributed by atoms with Gasteiger partial charge in [-0.15, -0.1) is 10.2 Å². The third-order valence-corrected chi connectivity index (χ3v) is 5.54. The number of hydrogen-bond acceptors (Lipinski definition) is 5. The van der Waals surface area contributed by atoms with Gasteiger partial charge < -0.3 is 10.4 Å². The zero-order valence-electron chi connectivity index (χ0n) is 17.8. The van der Waals surface area contributed by atoms with Gasteiger partial charge in [-0.05, 0) is 30.7 Å². The van der Waals surface area contributed by atoms with Crippen LogP contribution in [0.4, 0.5) is 5.69 Å². The van der Waals surface area contributed by atoms with Crippen molar-refractivity contribution in [1.82, 2.24) is 9.78 Å². The summed E-state index contributed by atoms with van der Waals surface area (Å²) in [6.07, 6.45) is 6.80. The fourth-order valence-electron chi connectivity index (χ4n) is 4.01. The van der Waals surface area contributed by atoms with Gasteiger partial charge in [0, 0.05) is 16.6 Å². The van der Waals surface area contributed by atoms with E-state index in [4.69, 9.17) is 0 Å². The van der Waals surface area contributed by atoms with Crippen molar-refractivity contribution in [1.29, 1.82) is 0 Å². The summed E-state index contributed by atoms with van der Waals surface area (Å²) in [7, 11) is 0. The predicted octanol–water partition coefficient (Wildman–Crippen LogP) is 4.12. The first-order chi connectivity index (χ1) is 16.0. The Morgan fingerprint density at radius 1 is 1.12 bits per heavy atom. The maximum Gasteiger partial charge on any atom is 0.276 e. The number of carbonyl (C=O) groups excluding carboxylic acids is 2. The molecule has 8 nitrogen and oxygen atoms in total. The van der Waals surface area contributed by atoms with E-state index in [-0.39, 0.29) is 11.8 Å². The van der Waals surface area contributed by atoms with Crippen molar-refractivity contribution in [2.24, 2.45) is 16.1 Å². The summed E-state index contributed by atoms with van der Waals surface area (Å²) in [5, 5.41) is 25.7. The van der Waals surface area contributed by atoms with Gasteiger partial charge in [0.25, 0.3) is 11.8 Å². The molecule has 2 N–H and O–H groups in total. The molecule has 2 heterocycles. The van der Waals surface area contributed by atoms with E-state index in [1.807, 2.05) is 60.7 Å². The van der Waals surface area contributed by atoms with Crippen LogP contribution in [-0.4, -0.2) is 32.8 Å². The molecule has 0 saturated heterocycles. The number of benzene rings is 2. The second kappa shape index (κ2) is 8.40. The Bertz CT molecular complexity index is 1380. The number of nitrogens with one attached hydrogen (secondary N) is 1. The van der Waals surface area contributed by atoms with Crippen LogP contribution in [0.25, 0.3) is 16.6 Å². The number of aromatic nitrogens is 2. The van der Waals surface area contributed by atoms with Gasteiger partial charge in [-0.3, -0.25) is 14.3 Å². The molecule has 0 saturated carbocycles. The third kappa shape index (κ3) is 3.92. The van der Waals surface area contributed by atoms with E-state index < -0.39 is 12.0 Å². The molecule has 1 aliphatic carbocycles. The Morgan fingerprint density at radius 2 is 1.91 bits per heavy atom. The lowest BCUT2D eigenvalue weighted by molar-refractivity contribution is -0.119. The second-order valence-electron chi connectivity index (χ2n) is 7.99. The molecular weight excluding hydrogens is 418 g/mol. The van der Waals surface area contributed by atoms with Crippen molar-refractivity contribution in [3.8, 4) is 0 Å². The average molecular weight is 439 g/mol. The van der Waals surface area contributed by atoms with E-state index >= 15 is 0 Å². The number of rotatable bonds is 5. The summed E-state index contributed by atoms with van der Waals surface area (Å²) in [6, 6.07) is 14.7. The van der Waals surface area contributed by atoms with Gasteiger partial charge in [0.05, 0.1) is 29.8 Å². The zero-order chi connectivity index (χ0) is 22.9. The second-order valence-corrected chi connectivity index (χ2v) is 7.99. The van der Waals surface area contributed by atoms with Gasteiger partial charge in [0.1, 0.15) is 0 Å². The summed E-state index contributed by atoms with van der Waals surface area (Å²) in [6.45, 7) is 1.97. The highest BCUT2D eigenvalue weighted by Crippen LogP contribution is 2.34. The normalized spacial score (nSPS) is 18.0. The summed E-state index contributed by atoms with van der Waals surface area (Å²) in [5.74, 6) is -1.03. The van der Waals surface area contributed by atoms with Crippen LogP contribution in [0.2, 0.25) is 0 Å². The Hall–Kier alpha value is -4.17. The van der Waals surface area contributed by atoms with E-state index in [1.54, 1.807) is 23.7 Å². The van der Waals surface area contributed by atoms with Gasteiger partial charge in [0.2, 0.25) is 0 Å². The standard InChI is InChI=1S/C25H21N5O3/c1-15(31)14-30-21-9-5-4-8-20(21)23(29-30)25(33)26-17-12-10-16(11-13-17)22-18-6-2-3-7-19(18)24(32)28-27-22/h2-13,15,19,31H,14H2,1H3,(H,26,33). The number of para-hydroxylation sites is 1. The van der Waals surface area contributed by atoms with Crippen molar-refractivity contribution < 1.29 is 14.7 Å². The number of azo groups is 1. The van der Waals surface area contributed by atoms with Crippen LogP contribution in [0.15, 0.2) is 88.6 Å². The number of aliphatic hydroxyl groups excluding tert-OH is 1. The van der Waals surface area contributed by atoms with E-state index in [1.165, 1.54) is 0 Å². The van der Waals surface area contributed by atoms with Crippen LogP contribution in [-0.2, 0) is 11.3 Å². The number of fused-ring (bicyclic) bond motifs is 2. The number of aliphatic hydroxyl groups is 1. The lowest BCUT2D eigenvalue weighted by Crippen LogP contribution is -2.17. The van der Waals surface area contributed by atoms with Crippen molar-refractivity contribution >= 4 is 34.1 Å². The minimum Gasteiger partial charge on any atom is -0.391 e. The first-order valence-corrected chi connectivity index (χ1v) is 10.6. The van der Waals surface area contributed by atoms with Crippen LogP contribution in [0.5, 0.6) is 0 Å². The van der Waals surface area contributed by atoms with Crippen molar-refractivity contribution in [2.75, 3.05) is 5.32 Å². The molecule has 3 aromatic rings. The van der Waals surface area contributed by atoms with Gasteiger partial charge in [-0.25, -0.2) is 0 Å². The molecule has 8 heteroatoms. The number of carbonyl (C=O) groups is 2. The number of amides is 2. The molecule has 164 valence electrons. The summed E-state index contributed by atoms with van der Waals surface area (Å²) < 4.78 is 1.64. The fourth-order valence-corrected chi connectivity index (χ4v) is 4.01. The average Bonchev–Trinajstić information content (AvgIpc) is 3.18.